The van der Waals surface area contributed by atoms with Gasteiger partial charge >= 0.3 is 0 Å². The van der Waals surface area contributed by atoms with Gasteiger partial charge in [-0.2, -0.15) is 0 Å². The molecule has 8 heteroatoms. The predicted octanol–water partition coefficient (Wildman–Crippen LogP) is 1.88. The Morgan fingerprint density at radius 2 is 1.68 bits per heavy atom. The first kappa shape index (κ1) is 24.1. The summed E-state index contributed by atoms with van der Waals surface area (Å²) < 4.78 is 17.7. The average molecular weight is 497 g/mol. The van der Waals surface area contributed by atoms with Crippen LogP contribution in [-0.4, -0.2) is 65.7 Å². The van der Waals surface area contributed by atoms with E-state index in [-0.39, 0.29) is 0 Å². The van der Waals surface area contributed by atoms with E-state index in [1.165, 1.54) is 19.8 Å². The van der Waals surface area contributed by atoms with Crippen LogP contribution < -0.4 is 4.74 Å². The van der Waals surface area contributed by atoms with Gasteiger partial charge in [-0.05, 0) is 41.7 Å². The van der Waals surface area contributed by atoms with Crippen LogP contribution in [0.3, 0.4) is 0 Å². The van der Waals surface area contributed by atoms with Crippen molar-refractivity contribution < 1.29 is 34.6 Å². The quantitative estimate of drug-likeness (QED) is 0.463. The summed E-state index contributed by atoms with van der Waals surface area (Å²) >= 11 is 3.58. The Morgan fingerprint density at radius 3 is 2.23 bits per heavy atom. The number of ether oxygens (including phenoxy) is 3. The van der Waals surface area contributed by atoms with Gasteiger partial charge in [0.25, 0.3) is 0 Å². The van der Waals surface area contributed by atoms with Crippen LogP contribution in [0.5, 0.6) is 5.75 Å². The summed E-state index contributed by atoms with van der Waals surface area (Å²) in [5.74, 6) is -1.49. The molecule has 3 rings (SSSR count). The molecule has 1 aliphatic heterocycles. The second-order valence-electron chi connectivity index (χ2n) is 7.63. The van der Waals surface area contributed by atoms with E-state index in [2.05, 4.69) is 47.1 Å². The van der Waals surface area contributed by atoms with E-state index in [1.54, 1.807) is 12.1 Å². The van der Waals surface area contributed by atoms with Crippen LogP contribution >= 0.6 is 15.9 Å². The third kappa shape index (κ3) is 4.52. The minimum Gasteiger partial charge on any atom is -0.496 e. The van der Waals surface area contributed by atoms with Gasteiger partial charge in [0, 0.05) is 11.6 Å². The maximum atomic E-state index is 10.8. The standard InChI is InChI=1S/C23H29BrO7/c1-4-13-5-7-14(8-6-13)9-15-10-16(18(29-2)11-17(15)24)23(30-3)22(28)21(27)20(26)19(12-25)31-23/h5-8,10-11,19-22,25-28H,4,9,12H2,1-3H3/t19-,20-,21+,22-,23+/m1/s1. The van der Waals surface area contributed by atoms with Crippen LogP contribution in [0.4, 0.5) is 0 Å². The van der Waals surface area contributed by atoms with E-state index in [9.17, 15) is 20.4 Å². The van der Waals surface area contributed by atoms with Crippen LogP contribution in [0.1, 0.15) is 29.2 Å². The lowest BCUT2D eigenvalue weighted by molar-refractivity contribution is -0.366. The van der Waals surface area contributed by atoms with Crippen LogP contribution in [0.2, 0.25) is 0 Å². The van der Waals surface area contributed by atoms with Gasteiger partial charge in [-0.25, -0.2) is 0 Å². The molecule has 0 amide bonds. The van der Waals surface area contributed by atoms with E-state index < -0.39 is 36.8 Å². The zero-order valence-electron chi connectivity index (χ0n) is 17.8. The normalized spacial score (nSPS) is 28.5. The summed E-state index contributed by atoms with van der Waals surface area (Å²) in [4.78, 5) is 0. The summed E-state index contributed by atoms with van der Waals surface area (Å²) in [6.45, 7) is 1.54. The van der Waals surface area contributed by atoms with Crippen molar-refractivity contribution in [1.82, 2.24) is 0 Å². The smallest absolute Gasteiger partial charge is 0.228 e. The molecule has 170 valence electrons. The number of hydrogen-bond acceptors (Lipinski definition) is 7. The van der Waals surface area contributed by atoms with Crippen molar-refractivity contribution in [3.05, 3.63) is 63.1 Å². The molecule has 0 spiro atoms. The van der Waals surface area contributed by atoms with Crippen LogP contribution in [-0.2, 0) is 28.1 Å². The molecular weight excluding hydrogens is 468 g/mol. The second-order valence-corrected chi connectivity index (χ2v) is 8.48. The van der Waals surface area contributed by atoms with E-state index in [0.717, 1.165) is 22.0 Å². The fourth-order valence-electron chi connectivity index (χ4n) is 3.93. The third-order valence-electron chi connectivity index (χ3n) is 5.82. The number of halogens is 1. The Labute approximate surface area is 190 Å². The van der Waals surface area contributed by atoms with Crippen molar-refractivity contribution in [2.75, 3.05) is 20.8 Å². The minimum atomic E-state index is -1.85. The Hall–Kier alpha value is -1.52. The topological polar surface area (TPSA) is 109 Å². The van der Waals surface area contributed by atoms with Crippen molar-refractivity contribution in [1.29, 1.82) is 0 Å². The van der Waals surface area contributed by atoms with Crippen molar-refractivity contribution >= 4 is 15.9 Å². The summed E-state index contributed by atoms with van der Waals surface area (Å²) in [5, 5.41) is 41.1. The van der Waals surface area contributed by atoms with Crippen molar-refractivity contribution in [3.63, 3.8) is 0 Å². The number of benzene rings is 2. The van der Waals surface area contributed by atoms with Crippen molar-refractivity contribution in [2.24, 2.45) is 0 Å². The number of aliphatic hydroxyl groups is 4. The first-order chi connectivity index (χ1) is 14.8. The van der Waals surface area contributed by atoms with Crippen LogP contribution in [0, 0.1) is 0 Å². The van der Waals surface area contributed by atoms with Gasteiger partial charge < -0.3 is 34.6 Å². The molecular formula is C23H29BrO7. The fourth-order valence-corrected chi connectivity index (χ4v) is 4.39. The predicted molar refractivity (Wildman–Crippen MR) is 118 cm³/mol. The summed E-state index contributed by atoms with van der Waals surface area (Å²) in [7, 11) is 2.80. The number of rotatable bonds is 7. The van der Waals surface area contributed by atoms with Gasteiger partial charge in [-0.15, -0.1) is 0 Å². The van der Waals surface area contributed by atoms with Gasteiger partial charge in [-0.3, -0.25) is 0 Å². The summed E-state index contributed by atoms with van der Waals surface area (Å²) in [5.41, 5.74) is 3.57. The maximum absolute atomic E-state index is 10.8. The highest BCUT2D eigenvalue weighted by Crippen LogP contribution is 2.44. The monoisotopic (exact) mass is 496 g/mol. The molecule has 0 aliphatic carbocycles. The van der Waals surface area contributed by atoms with E-state index >= 15 is 0 Å². The number of methoxy groups -OCH3 is 2. The molecule has 0 radical (unpaired) electrons. The molecule has 1 fully saturated rings. The first-order valence-electron chi connectivity index (χ1n) is 10.1. The molecule has 0 saturated carbocycles. The molecule has 2 aromatic carbocycles. The molecule has 0 unspecified atom stereocenters. The Bertz CT molecular complexity index is 886. The molecule has 7 nitrogen and oxygen atoms in total. The minimum absolute atomic E-state index is 0.345. The average Bonchev–Trinajstić information content (AvgIpc) is 2.80. The van der Waals surface area contributed by atoms with E-state index in [4.69, 9.17) is 14.2 Å². The molecule has 1 heterocycles. The highest BCUT2D eigenvalue weighted by molar-refractivity contribution is 9.10. The van der Waals surface area contributed by atoms with Crippen LogP contribution in [0.15, 0.2) is 40.9 Å². The van der Waals surface area contributed by atoms with Gasteiger partial charge in [0.2, 0.25) is 5.79 Å². The number of aryl methyl sites for hydroxylation is 1. The molecule has 5 atom stereocenters. The Balaban J connectivity index is 2.08. The Morgan fingerprint density at radius 1 is 1.03 bits per heavy atom. The van der Waals surface area contributed by atoms with Gasteiger partial charge in [-0.1, -0.05) is 47.1 Å². The molecule has 0 bridgehead atoms. The largest absolute Gasteiger partial charge is 0.496 e. The molecule has 4 N–H and O–H groups in total. The molecule has 31 heavy (non-hydrogen) atoms. The summed E-state index contributed by atoms with van der Waals surface area (Å²) in [6.07, 6.45) is -4.29. The van der Waals surface area contributed by atoms with Crippen LogP contribution in [0.25, 0.3) is 0 Å². The van der Waals surface area contributed by atoms with Gasteiger partial charge in [0.1, 0.15) is 30.2 Å². The lowest BCUT2D eigenvalue weighted by Crippen LogP contribution is -2.64. The van der Waals surface area contributed by atoms with Gasteiger partial charge in [0.05, 0.1) is 19.3 Å². The second kappa shape index (κ2) is 9.95. The molecule has 2 aromatic rings. The zero-order chi connectivity index (χ0) is 22.8. The van der Waals surface area contributed by atoms with Crippen molar-refractivity contribution in [2.45, 2.75) is 50.0 Å². The summed E-state index contributed by atoms with van der Waals surface area (Å²) in [6, 6.07) is 11.8. The van der Waals surface area contributed by atoms with Gasteiger partial charge in [0.15, 0.2) is 0 Å². The zero-order valence-corrected chi connectivity index (χ0v) is 19.4. The highest BCUT2D eigenvalue weighted by Gasteiger charge is 2.56. The fraction of sp³-hybridized carbons (Fsp3) is 0.478. The maximum Gasteiger partial charge on any atom is 0.228 e. The lowest BCUT2D eigenvalue weighted by atomic mass is 9.86. The lowest BCUT2D eigenvalue weighted by Gasteiger charge is -2.48. The van der Waals surface area contributed by atoms with E-state index in [0.29, 0.717) is 17.7 Å². The molecule has 0 aromatic heterocycles. The highest BCUT2D eigenvalue weighted by atomic mass is 79.9. The third-order valence-corrected chi connectivity index (χ3v) is 6.56. The number of aliphatic hydroxyl groups excluding tert-OH is 4. The van der Waals surface area contributed by atoms with E-state index in [1.807, 2.05) is 0 Å². The van der Waals surface area contributed by atoms with Crippen molar-refractivity contribution in [3.8, 4) is 5.75 Å². The molecule has 1 aliphatic rings. The molecule has 1 saturated heterocycles. The number of hydrogen-bond donors (Lipinski definition) is 4. The Kier molecular flexibility index (Phi) is 7.75. The first-order valence-corrected chi connectivity index (χ1v) is 10.9. The SMILES string of the molecule is CCc1ccc(Cc2cc([C@]3(OC)O[C@H](CO)[C@@H](O)[C@H](O)[C@H]3O)c(OC)cc2Br)cc1.